The number of carbonyl (C=O) groups is 1. The van der Waals surface area contributed by atoms with Gasteiger partial charge in [0.2, 0.25) is 0 Å². The molecular formula is C9H15N3O2. The third-order valence-electron chi connectivity index (χ3n) is 1.33. The van der Waals surface area contributed by atoms with Crippen LogP contribution in [0.3, 0.4) is 0 Å². The number of esters is 1. The second kappa shape index (κ2) is 6.71. The van der Waals surface area contributed by atoms with Crippen LogP contribution in [0.4, 0.5) is 0 Å². The zero-order chi connectivity index (χ0) is 11.0. The molecule has 0 bridgehead atoms. The average Bonchev–Trinajstić information content (AvgIpc) is 2.16. The Bertz CT molecular complexity index is 269. The van der Waals surface area contributed by atoms with E-state index in [1.54, 1.807) is 13.0 Å². The molecule has 0 aliphatic carbocycles. The van der Waals surface area contributed by atoms with Crippen LogP contribution in [0.5, 0.6) is 0 Å². The summed E-state index contributed by atoms with van der Waals surface area (Å²) in [6, 6.07) is 0. The summed E-state index contributed by atoms with van der Waals surface area (Å²) in [6.45, 7) is 5.77. The molecule has 78 valence electrons. The molecule has 0 saturated heterocycles. The summed E-state index contributed by atoms with van der Waals surface area (Å²) in [7, 11) is 0. The van der Waals surface area contributed by atoms with E-state index in [9.17, 15) is 4.79 Å². The van der Waals surface area contributed by atoms with E-state index in [0.717, 1.165) is 6.20 Å². The molecule has 5 nitrogen and oxygen atoms in total. The van der Waals surface area contributed by atoms with Gasteiger partial charge in [-0.2, -0.15) is 0 Å². The van der Waals surface area contributed by atoms with Gasteiger partial charge in [-0.25, -0.2) is 4.79 Å². The molecule has 0 unspecified atom stereocenters. The first-order valence-corrected chi connectivity index (χ1v) is 4.17. The van der Waals surface area contributed by atoms with E-state index in [-0.39, 0.29) is 18.0 Å². The van der Waals surface area contributed by atoms with Gasteiger partial charge in [-0.3, -0.25) is 4.99 Å². The molecule has 0 aromatic carbocycles. The molecule has 0 spiro atoms. The maximum absolute atomic E-state index is 11.2. The lowest BCUT2D eigenvalue weighted by Gasteiger charge is -2.04. The predicted octanol–water partition coefficient (Wildman–Crippen LogP) is -0.0647. The summed E-state index contributed by atoms with van der Waals surface area (Å²) in [5.74, 6) is -0.508. The molecule has 5 heteroatoms. The quantitative estimate of drug-likeness (QED) is 0.212. The van der Waals surface area contributed by atoms with Crippen molar-refractivity contribution in [1.29, 1.82) is 0 Å². The van der Waals surface area contributed by atoms with Gasteiger partial charge in [0.25, 0.3) is 0 Å². The highest BCUT2D eigenvalue weighted by molar-refractivity contribution is 6.18. The summed E-state index contributed by atoms with van der Waals surface area (Å²) >= 11 is 0. The van der Waals surface area contributed by atoms with Crippen LogP contribution in [0.25, 0.3) is 0 Å². The third kappa shape index (κ3) is 3.75. The predicted molar refractivity (Wildman–Crippen MR) is 55.6 cm³/mol. The molecular weight excluding hydrogens is 182 g/mol. The Hall–Kier alpha value is -1.78. The van der Waals surface area contributed by atoms with Gasteiger partial charge < -0.3 is 16.2 Å². The van der Waals surface area contributed by atoms with Crippen LogP contribution in [0.1, 0.15) is 6.92 Å². The van der Waals surface area contributed by atoms with Crippen molar-refractivity contribution >= 4 is 11.8 Å². The molecule has 0 atom stereocenters. The number of nitrogens with zero attached hydrogens (tertiary/aromatic N) is 1. The fourth-order valence-corrected chi connectivity index (χ4v) is 0.715. The van der Waals surface area contributed by atoms with Crippen molar-refractivity contribution in [1.82, 2.24) is 0 Å². The average molecular weight is 197 g/mol. The molecule has 14 heavy (non-hydrogen) atoms. The number of nitrogens with two attached hydrogens (primary N) is 2. The minimum Gasteiger partial charge on any atom is -0.462 e. The van der Waals surface area contributed by atoms with Crippen LogP contribution in [-0.4, -0.2) is 25.0 Å². The first-order valence-electron chi connectivity index (χ1n) is 4.17. The van der Waals surface area contributed by atoms with Crippen LogP contribution in [0.15, 0.2) is 29.4 Å². The Morgan fingerprint density at radius 1 is 1.64 bits per heavy atom. The summed E-state index contributed by atoms with van der Waals surface area (Å²) in [6.07, 6.45) is 2.64. The van der Waals surface area contributed by atoms with E-state index >= 15 is 0 Å². The van der Waals surface area contributed by atoms with Crippen molar-refractivity contribution in [2.24, 2.45) is 16.5 Å². The number of rotatable bonds is 5. The monoisotopic (exact) mass is 197 g/mol. The molecule has 0 saturated carbocycles. The number of hydrogen-bond donors (Lipinski definition) is 2. The molecule has 0 aliphatic heterocycles. The lowest BCUT2D eigenvalue weighted by molar-refractivity contribution is -0.137. The second-order valence-electron chi connectivity index (χ2n) is 2.32. The van der Waals surface area contributed by atoms with Gasteiger partial charge in [0.05, 0.1) is 13.2 Å². The molecule has 0 fully saturated rings. The molecule has 0 aromatic heterocycles. The highest BCUT2D eigenvalue weighted by atomic mass is 16.5. The van der Waals surface area contributed by atoms with E-state index in [4.69, 9.17) is 16.2 Å². The van der Waals surface area contributed by atoms with E-state index < -0.39 is 5.97 Å². The normalized spacial score (nSPS) is 12.4. The SMILES string of the molecule is C=CCN=C(N)C(=CN)C(=O)OCC. The fraction of sp³-hybridized carbons (Fsp3) is 0.333. The van der Waals surface area contributed by atoms with Crippen LogP contribution in [0.2, 0.25) is 0 Å². The van der Waals surface area contributed by atoms with Crippen molar-refractivity contribution in [2.75, 3.05) is 13.2 Å². The molecule has 0 aromatic rings. The van der Waals surface area contributed by atoms with Crippen molar-refractivity contribution in [2.45, 2.75) is 6.92 Å². The van der Waals surface area contributed by atoms with Gasteiger partial charge in [0.15, 0.2) is 0 Å². The Kier molecular flexibility index (Phi) is 5.85. The largest absolute Gasteiger partial charge is 0.462 e. The Labute approximate surface area is 83.1 Å². The molecule has 0 rings (SSSR count). The smallest absolute Gasteiger partial charge is 0.343 e. The van der Waals surface area contributed by atoms with Gasteiger partial charge >= 0.3 is 5.97 Å². The number of aliphatic imine (C=N–C) groups is 1. The lowest BCUT2D eigenvalue weighted by Crippen LogP contribution is -2.24. The van der Waals surface area contributed by atoms with E-state index in [1.165, 1.54) is 0 Å². The summed E-state index contributed by atoms with van der Waals surface area (Å²) in [5.41, 5.74) is 10.8. The lowest BCUT2D eigenvalue weighted by atomic mass is 10.2. The van der Waals surface area contributed by atoms with Crippen LogP contribution >= 0.6 is 0 Å². The van der Waals surface area contributed by atoms with Gasteiger partial charge in [0, 0.05) is 6.20 Å². The Morgan fingerprint density at radius 3 is 2.71 bits per heavy atom. The van der Waals surface area contributed by atoms with E-state index in [0.29, 0.717) is 6.54 Å². The zero-order valence-corrected chi connectivity index (χ0v) is 8.19. The van der Waals surface area contributed by atoms with Gasteiger partial charge in [-0.1, -0.05) is 6.08 Å². The third-order valence-corrected chi connectivity index (χ3v) is 1.33. The maximum atomic E-state index is 11.2. The van der Waals surface area contributed by atoms with E-state index in [1.807, 2.05) is 0 Å². The Balaban J connectivity index is 4.57. The van der Waals surface area contributed by atoms with Crippen molar-refractivity contribution < 1.29 is 9.53 Å². The fourth-order valence-electron chi connectivity index (χ4n) is 0.715. The van der Waals surface area contributed by atoms with Gasteiger partial charge in [-0.05, 0) is 6.92 Å². The molecule has 0 radical (unpaired) electrons. The van der Waals surface area contributed by atoms with E-state index in [2.05, 4.69) is 11.6 Å². The van der Waals surface area contributed by atoms with Crippen LogP contribution in [-0.2, 0) is 9.53 Å². The van der Waals surface area contributed by atoms with Gasteiger partial charge in [-0.15, -0.1) is 6.58 Å². The standard InChI is InChI=1S/C9H15N3O2/c1-3-5-12-8(11)7(6-10)9(13)14-4-2/h3,6H,1,4-5,10H2,2H3,(H2,11,12). The van der Waals surface area contributed by atoms with Crippen molar-refractivity contribution in [3.63, 3.8) is 0 Å². The maximum Gasteiger partial charge on any atom is 0.343 e. The minimum atomic E-state index is -0.569. The summed E-state index contributed by atoms with van der Waals surface area (Å²) in [4.78, 5) is 15.1. The molecule has 0 aliphatic rings. The highest BCUT2D eigenvalue weighted by Crippen LogP contribution is 1.97. The highest BCUT2D eigenvalue weighted by Gasteiger charge is 2.13. The number of carbonyl (C=O) groups excluding carboxylic acids is 1. The summed E-state index contributed by atoms with van der Waals surface area (Å²) in [5, 5.41) is 0. The van der Waals surface area contributed by atoms with Crippen LogP contribution < -0.4 is 11.5 Å². The van der Waals surface area contributed by atoms with Gasteiger partial charge in [0.1, 0.15) is 11.4 Å². The molecule has 0 heterocycles. The molecule has 4 N–H and O–H groups in total. The first-order chi connectivity index (χ1) is 6.67. The number of amidine groups is 1. The first kappa shape index (κ1) is 12.2. The second-order valence-corrected chi connectivity index (χ2v) is 2.32. The minimum absolute atomic E-state index is 0.0610. The zero-order valence-electron chi connectivity index (χ0n) is 8.19. The molecule has 0 amide bonds. The Morgan fingerprint density at radius 2 is 2.29 bits per heavy atom. The van der Waals surface area contributed by atoms with Crippen molar-refractivity contribution in [3.05, 3.63) is 24.4 Å². The summed E-state index contributed by atoms with van der Waals surface area (Å²) < 4.78 is 4.72. The van der Waals surface area contributed by atoms with Crippen molar-refractivity contribution in [3.8, 4) is 0 Å². The number of hydrogen-bond acceptors (Lipinski definition) is 4. The topological polar surface area (TPSA) is 90.7 Å². The number of ether oxygens (including phenoxy) is 1. The van der Waals surface area contributed by atoms with Crippen LogP contribution in [0, 0.1) is 0 Å².